The Labute approximate surface area is 125 Å². The Kier molecular flexibility index (Phi) is 7.86. The molecule has 0 heterocycles. The van der Waals surface area contributed by atoms with E-state index in [0.29, 0.717) is 6.04 Å². The molecule has 2 heteroatoms. The molecule has 1 N–H and O–H groups in total. The number of rotatable bonds is 9. The monoisotopic (exact) mass is 276 g/mol. The average molecular weight is 276 g/mol. The lowest BCUT2D eigenvalue weighted by Crippen LogP contribution is -2.36. The van der Waals surface area contributed by atoms with Crippen LogP contribution in [-0.2, 0) is 0 Å². The maximum Gasteiger partial charge on any atom is 0.0449 e. The predicted molar refractivity (Wildman–Crippen MR) is 89.4 cm³/mol. The molecule has 0 bridgehead atoms. The van der Waals surface area contributed by atoms with Crippen molar-refractivity contribution in [1.82, 2.24) is 10.2 Å². The third kappa shape index (κ3) is 5.26. The predicted octanol–water partition coefficient (Wildman–Crippen LogP) is 4.08. The number of nitrogens with one attached hydrogen (secondary N) is 1. The molecule has 114 valence electrons. The van der Waals surface area contributed by atoms with Gasteiger partial charge in [0.15, 0.2) is 0 Å². The molecule has 0 aliphatic rings. The van der Waals surface area contributed by atoms with Crippen LogP contribution in [0.25, 0.3) is 0 Å². The second-order valence-electron chi connectivity index (χ2n) is 5.74. The molecule has 20 heavy (non-hydrogen) atoms. The summed E-state index contributed by atoms with van der Waals surface area (Å²) in [5, 5.41) is 3.71. The standard InChI is InChI=1S/C18H32N2/c1-6-11-19-18(14-20(8-3)12-7-2)17-10-9-15(4)16(5)13-17/h9-10,13,18-19H,6-8,11-12,14H2,1-5H3. The molecule has 1 atom stereocenters. The van der Waals surface area contributed by atoms with Gasteiger partial charge in [-0.05, 0) is 63.0 Å². The van der Waals surface area contributed by atoms with Crippen LogP contribution in [0.2, 0.25) is 0 Å². The van der Waals surface area contributed by atoms with Crippen LogP contribution in [0, 0.1) is 13.8 Å². The summed E-state index contributed by atoms with van der Waals surface area (Å²) in [6, 6.07) is 7.33. The molecular weight excluding hydrogens is 244 g/mol. The van der Waals surface area contributed by atoms with Crippen LogP contribution in [0.5, 0.6) is 0 Å². The zero-order valence-corrected chi connectivity index (χ0v) is 14.0. The van der Waals surface area contributed by atoms with Gasteiger partial charge in [-0.15, -0.1) is 0 Å². The van der Waals surface area contributed by atoms with Crippen molar-refractivity contribution in [2.75, 3.05) is 26.2 Å². The van der Waals surface area contributed by atoms with Gasteiger partial charge in [-0.2, -0.15) is 0 Å². The Morgan fingerprint density at radius 3 is 2.35 bits per heavy atom. The summed E-state index contributed by atoms with van der Waals surface area (Å²) < 4.78 is 0. The first-order valence-electron chi connectivity index (χ1n) is 8.15. The third-order valence-corrected chi connectivity index (χ3v) is 4.00. The van der Waals surface area contributed by atoms with Crippen LogP contribution in [0.1, 0.15) is 56.3 Å². The molecule has 0 aliphatic heterocycles. The molecule has 1 unspecified atom stereocenters. The van der Waals surface area contributed by atoms with Gasteiger partial charge in [-0.25, -0.2) is 0 Å². The summed E-state index contributed by atoms with van der Waals surface area (Å²) in [4.78, 5) is 2.54. The van der Waals surface area contributed by atoms with E-state index in [-0.39, 0.29) is 0 Å². The normalized spacial score (nSPS) is 12.9. The number of nitrogens with zero attached hydrogens (tertiary/aromatic N) is 1. The van der Waals surface area contributed by atoms with E-state index in [4.69, 9.17) is 0 Å². The van der Waals surface area contributed by atoms with E-state index in [1.165, 1.54) is 36.1 Å². The number of hydrogen-bond donors (Lipinski definition) is 1. The van der Waals surface area contributed by atoms with Crippen LogP contribution in [0.3, 0.4) is 0 Å². The summed E-state index contributed by atoms with van der Waals surface area (Å²) in [7, 11) is 0. The first-order chi connectivity index (χ1) is 9.62. The highest BCUT2D eigenvalue weighted by atomic mass is 15.1. The average Bonchev–Trinajstić information content (AvgIpc) is 2.45. The van der Waals surface area contributed by atoms with Gasteiger partial charge in [0.2, 0.25) is 0 Å². The summed E-state index contributed by atoms with van der Waals surface area (Å²) in [5.41, 5.74) is 4.20. The summed E-state index contributed by atoms with van der Waals surface area (Å²) >= 11 is 0. The fourth-order valence-electron chi connectivity index (χ4n) is 2.54. The van der Waals surface area contributed by atoms with Gasteiger partial charge in [0, 0.05) is 12.6 Å². The Bertz CT molecular complexity index is 387. The number of likely N-dealkylation sites (N-methyl/N-ethyl adjacent to an activating group) is 1. The van der Waals surface area contributed by atoms with Crippen molar-refractivity contribution in [3.63, 3.8) is 0 Å². The highest BCUT2D eigenvalue weighted by Crippen LogP contribution is 2.18. The smallest absolute Gasteiger partial charge is 0.0449 e. The Balaban J connectivity index is 2.83. The van der Waals surface area contributed by atoms with Crippen LogP contribution in [0.15, 0.2) is 18.2 Å². The van der Waals surface area contributed by atoms with Crippen LogP contribution in [-0.4, -0.2) is 31.1 Å². The highest BCUT2D eigenvalue weighted by molar-refractivity contribution is 5.31. The molecular formula is C18H32N2. The first-order valence-corrected chi connectivity index (χ1v) is 8.15. The first kappa shape index (κ1) is 17.2. The SMILES string of the molecule is CCCNC(CN(CC)CCC)c1ccc(C)c(C)c1. The zero-order chi connectivity index (χ0) is 15.0. The van der Waals surface area contributed by atoms with Gasteiger partial charge in [-0.3, -0.25) is 0 Å². The van der Waals surface area contributed by atoms with E-state index in [2.05, 4.69) is 63.0 Å². The molecule has 0 saturated heterocycles. The third-order valence-electron chi connectivity index (χ3n) is 4.00. The second-order valence-corrected chi connectivity index (χ2v) is 5.74. The van der Waals surface area contributed by atoms with E-state index >= 15 is 0 Å². The van der Waals surface area contributed by atoms with Crippen molar-refractivity contribution >= 4 is 0 Å². The largest absolute Gasteiger partial charge is 0.309 e. The van der Waals surface area contributed by atoms with Gasteiger partial charge < -0.3 is 10.2 Å². The van der Waals surface area contributed by atoms with Crippen molar-refractivity contribution in [2.24, 2.45) is 0 Å². The topological polar surface area (TPSA) is 15.3 Å². The fourth-order valence-corrected chi connectivity index (χ4v) is 2.54. The minimum atomic E-state index is 0.445. The van der Waals surface area contributed by atoms with Crippen LogP contribution in [0.4, 0.5) is 0 Å². The molecule has 0 amide bonds. The van der Waals surface area contributed by atoms with Crippen molar-refractivity contribution in [3.05, 3.63) is 34.9 Å². The van der Waals surface area contributed by atoms with Crippen LogP contribution < -0.4 is 5.32 Å². The van der Waals surface area contributed by atoms with E-state index in [1.54, 1.807) is 0 Å². The molecule has 2 nitrogen and oxygen atoms in total. The van der Waals surface area contributed by atoms with E-state index in [0.717, 1.165) is 19.6 Å². The molecule has 1 aromatic rings. The van der Waals surface area contributed by atoms with Gasteiger partial charge in [-0.1, -0.05) is 39.0 Å². The van der Waals surface area contributed by atoms with Crippen molar-refractivity contribution < 1.29 is 0 Å². The maximum atomic E-state index is 3.71. The molecule has 0 saturated carbocycles. The maximum absolute atomic E-state index is 3.71. The molecule has 1 aromatic carbocycles. The molecule has 0 fully saturated rings. The molecule has 0 radical (unpaired) electrons. The van der Waals surface area contributed by atoms with Crippen molar-refractivity contribution in [1.29, 1.82) is 0 Å². The van der Waals surface area contributed by atoms with Crippen molar-refractivity contribution in [2.45, 2.75) is 53.5 Å². The van der Waals surface area contributed by atoms with Crippen molar-refractivity contribution in [3.8, 4) is 0 Å². The van der Waals surface area contributed by atoms with Crippen LogP contribution >= 0.6 is 0 Å². The fraction of sp³-hybridized carbons (Fsp3) is 0.667. The van der Waals surface area contributed by atoms with Gasteiger partial charge in [0.25, 0.3) is 0 Å². The van der Waals surface area contributed by atoms with Gasteiger partial charge >= 0.3 is 0 Å². The summed E-state index contributed by atoms with van der Waals surface area (Å²) in [6.45, 7) is 15.6. The van der Waals surface area contributed by atoms with E-state index in [9.17, 15) is 0 Å². The minimum Gasteiger partial charge on any atom is -0.309 e. The zero-order valence-electron chi connectivity index (χ0n) is 14.0. The number of benzene rings is 1. The summed E-state index contributed by atoms with van der Waals surface area (Å²) in [6.07, 6.45) is 2.41. The molecule has 0 aromatic heterocycles. The number of aryl methyl sites for hydroxylation is 2. The Morgan fingerprint density at radius 1 is 1.05 bits per heavy atom. The minimum absolute atomic E-state index is 0.445. The Morgan fingerprint density at radius 2 is 1.80 bits per heavy atom. The van der Waals surface area contributed by atoms with Gasteiger partial charge in [0.1, 0.15) is 0 Å². The second kappa shape index (κ2) is 9.15. The number of hydrogen-bond acceptors (Lipinski definition) is 2. The van der Waals surface area contributed by atoms with E-state index < -0.39 is 0 Å². The highest BCUT2D eigenvalue weighted by Gasteiger charge is 2.14. The molecule has 1 rings (SSSR count). The summed E-state index contributed by atoms with van der Waals surface area (Å²) in [5.74, 6) is 0. The lowest BCUT2D eigenvalue weighted by Gasteiger charge is -2.27. The van der Waals surface area contributed by atoms with Gasteiger partial charge in [0.05, 0.1) is 0 Å². The molecule has 0 aliphatic carbocycles. The lowest BCUT2D eigenvalue weighted by molar-refractivity contribution is 0.254. The lowest BCUT2D eigenvalue weighted by atomic mass is 10.0. The molecule has 0 spiro atoms. The quantitative estimate of drug-likeness (QED) is 0.731. The Hall–Kier alpha value is -0.860. The van der Waals surface area contributed by atoms with E-state index in [1.807, 2.05) is 0 Å².